The molecule has 4 atom stereocenters. The van der Waals surface area contributed by atoms with Gasteiger partial charge in [-0.3, -0.25) is 0 Å². The second-order valence-corrected chi connectivity index (χ2v) is 9.36. The second kappa shape index (κ2) is 12.7. The van der Waals surface area contributed by atoms with Gasteiger partial charge in [-0.2, -0.15) is 0 Å². The number of ether oxygens (including phenoxy) is 5. The van der Waals surface area contributed by atoms with E-state index < -0.39 is 11.2 Å². The Morgan fingerprint density at radius 2 is 1.61 bits per heavy atom. The van der Waals surface area contributed by atoms with E-state index in [4.69, 9.17) is 28.5 Å². The van der Waals surface area contributed by atoms with E-state index in [9.17, 15) is 10.2 Å². The smallest absolute Gasteiger partial charge is 0.231 e. The molecule has 0 saturated heterocycles. The van der Waals surface area contributed by atoms with Crippen molar-refractivity contribution in [2.75, 3.05) is 34.7 Å². The third kappa shape index (κ3) is 5.13. The lowest BCUT2D eigenvalue weighted by molar-refractivity contribution is -0.186. The molecule has 0 aromatic heterocycles. The van der Waals surface area contributed by atoms with Crippen LogP contribution in [0, 0.1) is 5.92 Å². The van der Waals surface area contributed by atoms with E-state index in [2.05, 4.69) is 0 Å². The lowest BCUT2D eigenvalue weighted by atomic mass is 9.58. The van der Waals surface area contributed by atoms with Crippen LogP contribution in [-0.2, 0) is 15.1 Å². The molecule has 1 heterocycles. The molecule has 0 amide bonds. The fourth-order valence-corrected chi connectivity index (χ4v) is 5.87. The molecule has 2 aromatic rings. The van der Waals surface area contributed by atoms with Crippen molar-refractivity contribution in [3.63, 3.8) is 0 Å². The maximum absolute atomic E-state index is 12.5. The van der Waals surface area contributed by atoms with E-state index in [0.29, 0.717) is 41.4 Å². The van der Waals surface area contributed by atoms with Gasteiger partial charge in [-0.15, -0.1) is 0 Å². The number of methoxy groups -OCH3 is 3. The van der Waals surface area contributed by atoms with E-state index in [1.54, 1.807) is 27.4 Å². The lowest BCUT2D eigenvalue weighted by Gasteiger charge is -2.52. The average Bonchev–Trinajstić information content (AvgIpc) is 3.43. The quantitative estimate of drug-likeness (QED) is 0.519. The first-order chi connectivity index (χ1) is 18.4. The third-order valence-electron chi connectivity index (χ3n) is 7.57. The average molecular weight is 529 g/mol. The van der Waals surface area contributed by atoms with Crippen LogP contribution in [0.15, 0.2) is 42.5 Å². The summed E-state index contributed by atoms with van der Waals surface area (Å²) < 4.78 is 28.0. The van der Waals surface area contributed by atoms with Crippen molar-refractivity contribution in [3.05, 3.63) is 59.2 Å². The Hall–Kier alpha value is -3.07. The van der Waals surface area contributed by atoms with Crippen LogP contribution in [0.25, 0.3) is 0 Å². The molecule has 0 fully saturated rings. The molecule has 2 aliphatic carbocycles. The molecular formula is C30H40O8. The van der Waals surface area contributed by atoms with Gasteiger partial charge in [-0.25, -0.2) is 0 Å². The SMILES string of the molecule is C=O.CC.COCC1C[C@H](c2cc(OC)cc(OC)c2)c2cc3c(cc2C1(O)[C@@]1(O)C=CCCC1)OCO3. The van der Waals surface area contributed by atoms with Crippen LogP contribution in [0.4, 0.5) is 0 Å². The summed E-state index contributed by atoms with van der Waals surface area (Å²) in [6.07, 6.45) is 6.42. The van der Waals surface area contributed by atoms with E-state index in [1.165, 1.54) is 0 Å². The number of benzene rings is 2. The van der Waals surface area contributed by atoms with E-state index in [1.807, 2.05) is 57.0 Å². The molecule has 5 rings (SSSR count). The van der Waals surface area contributed by atoms with Crippen LogP contribution >= 0.6 is 0 Å². The second-order valence-electron chi connectivity index (χ2n) is 9.36. The summed E-state index contributed by atoms with van der Waals surface area (Å²) in [5.74, 6) is 2.10. The summed E-state index contributed by atoms with van der Waals surface area (Å²) in [6.45, 7) is 6.41. The summed E-state index contributed by atoms with van der Waals surface area (Å²) in [7, 11) is 4.88. The lowest BCUT2D eigenvalue weighted by Crippen LogP contribution is -2.59. The molecule has 3 aliphatic rings. The zero-order valence-electron chi connectivity index (χ0n) is 23.0. The van der Waals surface area contributed by atoms with Crippen molar-refractivity contribution in [1.29, 1.82) is 0 Å². The normalized spacial score (nSPS) is 26.7. The Morgan fingerprint density at radius 3 is 2.16 bits per heavy atom. The van der Waals surface area contributed by atoms with E-state index in [0.717, 1.165) is 24.0 Å². The Labute approximate surface area is 225 Å². The van der Waals surface area contributed by atoms with Crippen molar-refractivity contribution < 1.29 is 38.7 Å². The first-order valence-corrected chi connectivity index (χ1v) is 13.0. The standard InChI is InChI=1S/C27H32O7.C2H6.CH2O/c1-30-15-18-11-21(17-9-19(31-2)12-20(10-17)32-3)22-13-24-25(34-16-33-24)14-23(22)27(18,29)26(28)7-5-4-6-8-26;2*1-2/h5,7,9-10,12-14,18,21,28-29H,4,6,8,11,15-16H2,1-3H3;1-2H3;1H2/t18?,21-,26-,27?;;/m1../s1. The van der Waals surface area contributed by atoms with Crippen LogP contribution in [-0.4, -0.2) is 57.3 Å². The van der Waals surface area contributed by atoms with Gasteiger partial charge in [0.2, 0.25) is 6.79 Å². The van der Waals surface area contributed by atoms with E-state index >= 15 is 0 Å². The molecule has 2 aromatic carbocycles. The third-order valence-corrected chi connectivity index (χ3v) is 7.57. The van der Waals surface area contributed by atoms with Crippen LogP contribution < -0.4 is 18.9 Å². The number of aliphatic hydroxyl groups is 2. The molecule has 0 saturated carbocycles. The minimum absolute atomic E-state index is 0.106. The van der Waals surface area contributed by atoms with Gasteiger partial charge in [0.05, 0.1) is 20.8 Å². The van der Waals surface area contributed by atoms with E-state index in [-0.39, 0.29) is 25.2 Å². The van der Waals surface area contributed by atoms with Gasteiger partial charge in [-0.05, 0) is 66.6 Å². The van der Waals surface area contributed by atoms with Crippen molar-refractivity contribution in [3.8, 4) is 23.0 Å². The number of hydrogen-bond acceptors (Lipinski definition) is 8. The Kier molecular flexibility index (Phi) is 9.82. The van der Waals surface area contributed by atoms with Gasteiger partial charge in [-0.1, -0.05) is 26.0 Å². The predicted molar refractivity (Wildman–Crippen MR) is 144 cm³/mol. The molecular weight excluding hydrogens is 488 g/mol. The molecule has 8 nitrogen and oxygen atoms in total. The summed E-state index contributed by atoms with van der Waals surface area (Å²) in [6, 6.07) is 9.60. The molecule has 0 spiro atoms. The highest BCUT2D eigenvalue weighted by molar-refractivity contribution is 5.57. The number of rotatable bonds is 6. The minimum Gasteiger partial charge on any atom is -0.497 e. The first kappa shape index (κ1) is 29.5. The van der Waals surface area contributed by atoms with Crippen LogP contribution in [0.3, 0.4) is 0 Å². The van der Waals surface area contributed by atoms with Gasteiger partial charge < -0.3 is 38.7 Å². The summed E-state index contributed by atoms with van der Waals surface area (Å²) in [5.41, 5.74) is -0.456. The number of fused-ring (bicyclic) bond motifs is 2. The van der Waals surface area contributed by atoms with Crippen molar-refractivity contribution in [2.24, 2.45) is 5.92 Å². The Bertz CT molecular complexity index is 1090. The molecule has 2 N–H and O–H groups in total. The highest BCUT2D eigenvalue weighted by atomic mass is 16.7. The number of carbonyl (C=O) groups is 1. The maximum Gasteiger partial charge on any atom is 0.231 e. The summed E-state index contributed by atoms with van der Waals surface area (Å²) in [4.78, 5) is 8.00. The maximum atomic E-state index is 12.5. The van der Waals surface area contributed by atoms with Crippen molar-refractivity contribution in [1.82, 2.24) is 0 Å². The highest BCUT2D eigenvalue weighted by Crippen LogP contribution is 2.57. The predicted octanol–water partition coefficient (Wildman–Crippen LogP) is 4.73. The minimum atomic E-state index is -1.56. The van der Waals surface area contributed by atoms with Crippen molar-refractivity contribution >= 4 is 6.79 Å². The monoisotopic (exact) mass is 528 g/mol. The molecule has 2 unspecified atom stereocenters. The molecule has 38 heavy (non-hydrogen) atoms. The number of hydrogen-bond donors (Lipinski definition) is 2. The molecule has 0 radical (unpaired) electrons. The zero-order valence-corrected chi connectivity index (χ0v) is 23.0. The Balaban J connectivity index is 0.000000956. The summed E-state index contributed by atoms with van der Waals surface area (Å²) in [5, 5.41) is 24.3. The topological polar surface area (TPSA) is 104 Å². The molecule has 1 aliphatic heterocycles. The van der Waals surface area contributed by atoms with Gasteiger partial charge in [0.1, 0.15) is 29.5 Å². The molecule has 8 heteroatoms. The zero-order chi connectivity index (χ0) is 27.9. The van der Waals surface area contributed by atoms with Crippen LogP contribution in [0.1, 0.15) is 62.1 Å². The number of allylic oxidation sites excluding steroid dienone is 1. The number of carbonyl (C=O) groups excluding carboxylic acids is 1. The van der Waals surface area contributed by atoms with Crippen LogP contribution in [0.2, 0.25) is 0 Å². The van der Waals surface area contributed by atoms with Gasteiger partial charge in [0.25, 0.3) is 0 Å². The largest absolute Gasteiger partial charge is 0.497 e. The Morgan fingerprint density at radius 1 is 0.974 bits per heavy atom. The van der Waals surface area contributed by atoms with Crippen LogP contribution in [0.5, 0.6) is 23.0 Å². The van der Waals surface area contributed by atoms with Gasteiger partial charge >= 0.3 is 0 Å². The first-order valence-electron chi connectivity index (χ1n) is 13.0. The fourth-order valence-electron chi connectivity index (χ4n) is 5.87. The van der Waals surface area contributed by atoms with Gasteiger partial charge in [0.15, 0.2) is 11.5 Å². The molecule has 0 bridgehead atoms. The summed E-state index contributed by atoms with van der Waals surface area (Å²) >= 11 is 0. The van der Waals surface area contributed by atoms with Gasteiger partial charge in [0, 0.05) is 25.0 Å². The fraction of sp³-hybridized carbons (Fsp3) is 0.500. The van der Waals surface area contributed by atoms with Crippen molar-refractivity contribution in [2.45, 2.75) is 56.7 Å². The highest BCUT2D eigenvalue weighted by Gasteiger charge is 2.58. The molecule has 208 valence electrons.